The van der Waals surface area contributed by atoms with Gasteiger partial charge in [-0.05, 0) is 19.4 Å². The number of benzene rings is 1. The summed E-state index contributed by atoms with van der Waals surface area (Å²) in [4.78, 5) is 29.9. The van der Waals surface area contributed by atoms with Crippen molar-refractivity contribution in [3.05, 3.63) is 58.2 Å². The van der Waals surface area contributed by atoms with Crippen LogP contribution in [0.25, 0.3) is 21.3 Å². The van der Waals surface area contributed by atoms with Gasteiger partial charge in [0.15, 0.2) is 5.16 Å². The molecule has 2 N–H and O–H groups in total. The summed E-state index contributed by atoms with van der Waals surface area (Å²) in [6.45, 7) is 7.77. The van der Waals surface area contributed by atoms with Crippen LogP contribution >= 0.6 is 23.1 Å². The summed E-state index contributed by atoms with van der Waals surface area (Å²) in [7, 11) is 0. The van der Waals surface area contributed by atoms with Crippen molar-refractivity contribution in [1.82, 2.24) is 9.55 Å². The van der Waals surface area contributed by atoms with Crippen LogP contribution in [0, 0.1) is 6.92 Å². The number of nitrogens with two attached hydrogens (primary N) is 1. The lowest BCUT2D eigenvalue weighted by molar-refractivity contribution is -0.117. The molecule has 3 aromatic rings. The summed E-state index contributed by atoms with van der Waals surface area (Å²) >= 11 is 2.61. The molecule has 0 radical (unpaired) electrons. The molecule has 0 unspecified atom stereocenters. The van der Waals surface area contributed by atoms with Gasteiger partial charge in [-0.2, -0.15) is 0 Å². The molecule has 7 heteroatoms. The maximum Gasteiger partial charge on any atom is 0.263 e. The highest BCUT2D eigenvalue weighted by molar-refractivity contribution is 8.00. The summed E-state index contributed by atoms with van der Waals surface area (Å²) in [6.07, 6.45) is 1.64. The minimum absolute atomic E-state index is 0.133. The normalized spacial score (nSPS) is 12.2. The Morgan fingerprint density at radius 3 is 2.73 bits per heavy atom. The molecule has 0 saturated heterocycles. The van der Waals surface area contributed by atoms with Crippen molar-refractivity contribution in [2.24, 2.45) is 5.73 Å². The van der Waals surface area contributed by atoms with Crippen LogP contribution in [0.1, 0.15) is 12.5 Å². The maximum absolute atomic E-state index is 13.2. The van der Waals surface area contributed by atoms with E-state index < -0.39 is 11.2 Å². The second-order valence-corrected chi connectivity index (χ2v) is 8.12. The van der Waals surface area contributed by atoms with E-state index >= 15 is 0 Å². The van der Waals surface area contributed by atoms with Crippen LogP contribution in [0.4, 0.5) is 0 Å². The Labute approximate surface area is 159 Å². The zero-order valence-electron chi connectivity index (χ0n) is 14.6. The Bertz CT molecular complexity index is 1040. The Hall–Kier alpha value is -2.38. The van der Waals surface area contributed by atoms with Crippen LogP contribution in [0.3, 0.4) is 0 Å². The van der Waals surface area contributed by atoms with Crippen molar-refractivity contribution in [3.8, 4) is 11.1 Å². The Kier molecular flexibility index (Phi) is 5.29. The summed E-state index contributed by atoms with van der Waals surface area (Å²) in [6, 6.07) is 8.05. The van der Waals surface area contributed by atoms with Crippen molar-refractivity contribution >= 4 is 39.2 Å². The minimum atomic E-state index is -0.480. The van der Waals surface area contributed by atoms with Crippen molar-refractivity contribution < 1.29 is 4.79 Å². The molecular formula is C19H19N3O2S2. The molecule has 3 rings (SSSR count). The maximum atomic E-state index is 13.2. The van der Waals surface area contributed by atoms with Crippen molar-refractivity contribution in [3.63, 3.8) is 0 Å². The van der Waals surface area contributed by atoms with E-state index in [9.17, 15) is 9.59 Å². The number of hydrogen-bond acceptors (Lipinski definition) is 5. The lowest BCUT2D eigenvalue weighted by Gasteiger charge is -2.13. The summed E-state index contributed by atoms with van der Waals surface area (Å²) < 4.78 is 1.55. The van der Waals surface area contributed by atoms with Crippen LogP contribution in [0.15, 0.2) is 52.3 Å². The molecular weight excluding hydrogens is 366 g/mol. The number of hydrogen-bond donors (Lipinski definition) is 1. The zero-order chi connectivity index (χ0) is 18.8. The van der Waals surface area contributed by atoms with E-state index in [1.165, 1.54) is 23.1 Å². The van der Waals surface area contributed by atoms with E-state index in [1.807, 2.05) is 36.6 Å². The van der Waals surface area contributed by atoms with E-state index in [2.05, 4.69) is 11.6 Å². The molecule has 2 aromatic heterocycles. The summed E-state index contributed by atoms with van der Waals surface area (Å²) in [5, 5.41) is 2.54. The number of aromatic nitrogens is 2. The molecule has 0 spiro atoms. The lowest BCUT2D eigenvalue weighted by atomic mass is 10.1. The highest BCUT2D eigenvalue weighted by Gasteiger charge is 2.20. The van der Waals surface area contributed by atoms with E-state index in [-0.39, 0.29) is 5.56 Å². The molecule has 0 aliphatic carbocycles. The highest BCUT2D eigenvalue weighted by atomic mass is 32.2. The van der Waals surface area contributed by atoms with Gasteiger partial charge in [-0.3, -0.25) is 14.2 Å². The first-order valence-electron chi connectivity index (χ1n) is 8.08. The van der Waals surface area contributed by atoms with Gasteiger partial charge in [0.25, 0.3) is 5.56 Å². The molecule has 0 aliphatic heterocycles. The molecule has 1 amide bonds. The molecule has 0 fully saturated rings. The fraction of sp³-hybridized carbons (Fsp3) is 0.211. The number of carbonyl (C=O) groups excluding carboxylic acids is 1. The first-order valence-corrected chi connectivity index (χ1v) is 9.84. The first kappa shape index (κ1) is 18.4. The van der Waals surface area contributed by atoms with Gasteiger partial charge < -0.3 is 5.73 Å². The number of allylic oxidation sites excluding steroid dienone is 1. The number of primary amides is 1. The van der Waals surface area contributed by atoms with Gasteiger partial charge in [0.1, 0.15) is 4.83 Å². The quantitative estimate of drug-likeness (QED) is 0.400. The van der Waals surface area contributed by atoms with Crippen LogP contribution in [-0.4, -0.2) is 20.7 Å². The number of nitrogens with zero attached hydrogens (tertiary/aromatic N) is 2. The Morgan fingerprint density at radius 1 is 1.42 bits per heavy atom. The largest absolute Gasteiger partial charge is 0.369 e. The second kappa shape index (κ2) is 7.47. The SMILES string of the molecule is C=CCn1c(S[C@@H](C)C(N)=O)nc2scc(-c3ccc(C)cc3)c2c1=O. The molecule has 0 aliphatic rings. The number of carbonyl (C=O) groups is 1. The number of thiophene rings is 1. The van der Waals surface area contributed by atoms with E-state index in [1.54, 1.807) is 17.6 Å². The van der Waals surface area contributed by atoms with Crippen LogP contribution in [-0.2, 0) is 11.3 Å². The van der Waals surface area contributed by atoms with Gasteiger partial charge in [0, 0.05) is 17.5 Å². The summed E-state index contributed by atoms with van der Waals surface area (Å²) in [5.74, 6) is -0.443. The van der Waals surface area contributed by atoms with Crippen molar-refractivity contribution in [2.75, 3.05) is 0 Å². The van der Waals surface area contributed by atoms with Crippen molar-refractivity contribution in [2.45, 2.75) is 30.8 Å². The van der Waals surface area contributed by atoms with Crippen molar-refractivity contribution in [1.29, 1.82) is 0 Å². The number of rotatable bonds is 6. The van der Waals surface area contributed by atoms with E-state index in [4.69, 9.17) is 5.73 Å². The Balaban J connectivity index is 2.20. The van der Waals surface area contributed by atoms with Gasteiger partial charge in [-0.15, -0.1) is 17.9 Å². The number of aryl methyl sites for hydroxylation is 1. The zero-order valence-corrected chi connectivity index (χ0v) is 16.2. The third-order valence-corrected chi connectivity index (χ3v) is 6.00. The van der Waals surface area contributed by atoms with Gasteiger partial charge >= 0.3 is 0 Å². The molecule has 1 aromatic carbocycles. The predicted octanol–water partition coefficient (Wildman–Crippen LogP) is 3.59. The van der Waals surface area contributed by atoms with E-state index in [0.717, 1.165) is 16.7 Å². The third-order valence-electron chi connectivity index (χ3n) is 4.02. The fourth-order valence-corrected chi connectivity index (χ4v) is 4.40. The molecule has 0 bridgehead atoms. The molecule has 2 heterocycles. The van der Waals surface area contributed by atoms with Crippen LogP contribution in [0.2, 0.25) is 0 Å². The molecule has 26 heavy (non-hydrogen) atoms. The molecule has 5 nitrogen and oxygen atoms in total. The third kappa shape index (κ3) is 3.45. The number of amides is 1. The van der Waals surface area contributed by atoms with Gasteiger partial charge in [0.05, 0.1) is 10.6 Å². The second-order valence-electron chi connectivity index (χ2n) is 5.96. The van der Waals surface area contributed by atoms with Crippen LogP contribution in [0.5, 0.6) is 0 Å². The molecule has 1 atom stereocenters. The van der Waals surface area contributed by atoms with Crippen LogP contribution < -0.4 is 11.3 Å². The Morgan fingerprint density at radius 2 is 2.12 bits per heavy atom. The standard InChI is InChI=1S/C19H19N3O2S2/c1-4-9-22-18(24)15-14(13-7-5-11(2)6-8-13)10-25-17(15)21-19(22)26-12(3)16(20)23/h4-8,10,12H,1,9H2,2-3H3,(H2,20,23)/t12-/m0/s1. The predicted molar refractivity (Wildman–Crippen MR) is 109 cm³/mol. The monoisotopic (exact) mass is 385 g/mol. The molecule has 134 valence electrons. The van der Waals surface area contributed by atoms with Gasteiger partial charge in [-0.25, -0.2) is 4.98 Å². The smallest absolute Gasteiger partial charge is 0.263 e. The molecule has 0 saturated carbocycles. The first-order chi connectivity index (χ1) is 12.4. The number of fused-ring (bicyclic) bond motifs is 1. The fourth-order valence-electron chi connectivity index (χ4n) is 2.55. The lowest BCUT2D eigenvalue weighted by Crippen LogP contribution is -2.26. The summed E-state index contributed by atoms with van der Waals surface area (Å²) in [5.41, 5.74) is 8.24. The average molecular weight is 386 g/mol. The topological polar surface area (TPSA) is 78.0 Å². The van der Waals surface area contributed by atoms with Gasteiger partial charge in [0.2, 0.25) is 5.91 Å². The number of thioether (sulfide) groups is 1. The minimum Gasteiger partial charge on any atom is -0.369 e. The van der Waals surface area contributed by atoms with E-state index in [0.29, 0.717) is 21.9 Å². The van der Waals surface area contributed by atoms with Gasteiger partial charge in [-0.1, -0.05) is 47.7 Å². The highest BCUT2D eigenvalue weighted by Crippen LogP contribution is 2.33. The average Bonchev–Trinajstić information content (AvgIpc) is 3.03.